The Bertz CT molecular complexity index is 454. The highest BCUT2D eigenvalue weighted by Gasteiger charge is 2.07. The minimum atomic E-state index is -0.945. The van der Waals surface area contributed by atoms with Crippen LogP contribution in [0.5, 0.6) is 5.75 Å². The van der Waals surface area contributed by atoms with Gasteiger partial charge in [0.15, 0.2) is 0 Å². The highest BCUT2D eigenvalue weighted by atomic mass is 16.5. The summed E-state index contributed by atoms with van der Waals surface area (Å²) < 4.78 is 5.70. The summed E-state index contributed by atoms with van der Waals surface area (Å²) in [7, 11) is 2.11. The molecule has 116 valence electrons. The Labute approximate surface area is 127 Å². The molecule has 1 aromatic carbocycles. The average Bonchev–Trinajstić information content (AvgIpc) is 2.46. The van der Waals surface area contributed by atoms with Gasteiger partial charge in [-0.3, -0.25) is 0 Å². The fourth-order valence-electron chi connectivity index (χ4n) is 2.01. The summed E-state index contributed by atoms with van der Waals surface area (Å²) in [5, 5.41) is 8.56. The van der Waals surface area contributed by atoms with Crippen molar-refractivity contribution in [3.05, 3.63) is 35.9 Å². The highest BCUT2D eigenvalue weighted by molar-refractivity contribution is 5.85. The van der Waals surface area contributed by atoms with Crippen molar-refractivity contribution in [3.63, 3.8) is 0 Å². The molecule has 0 bridgehead atoms. The Kier molecular flexibility index (Phi) is 7.54. The third kappa shape index (κ3) is 6.95. The number of hydrogen-bond acceptors (Lipinski definition) is 3. The van der Waals surface area contributed by atoms with E-state index in [1.54, 1.807) is 6.08 Å². The number of ether oxygens (including phenoxy) is 1. The Balaban J connectivity index is 2.37. The van der Waals surface area contributed by atoms with Gasteiger partial charge in [-0.25, -0.2) is 4.79 Å². The van der Waals surface area contributed by atoms with Crippen LogP contribution >= 0.6 is 0 Å². The molecule has 4 heteroatoms. The van der Waals surface area contributed by atoms with E-state index >= 15 is 0 Å². The van der Waals surface area contributed by atoms with Crippen molar-refractivity contribution in [1.29, 1.82) is 0 Å². The number of carboxylic acids is 1. The van der Waals surface area contributed by atoms with Crippen LogP contribution in [0.3, 0.4) is 0 Å². The summed E-state index contributed by atoms with van der Waals surface area (Å²) in [6.45, 7) is 5.96. The lowest BCUT2D eigenvalue weighted by Gasteiger charge is -2.24. The van der Waals surface area contributed by atoms with E-state index in [1.165, 1.54) is 12.8 Å². The van der Waals surface area contributed by atoms with Crippen LogP contribution in [0.4, 0.5) is 0 Å². The van der Waals surface area contributed by atoms with Gasteiger partial charge in [0.25, 0.3) is 0 Å². The molecular weight excluding hydrogens is 266 g/mol. The minimum Gasteiger partial charge on any atom is -0.492 e. The Morgan fingerprint density at radius 3 is 2.62 bits per heavy atom. The molecule has 0 aliphatic heterocycles. The van der Waals surface area contributed by atoms with Gasteiger partial charge in [-0.2, -0.15) is 0 Å². The lowest BCUT2D eigenvalue weighted by atomic mass is 10.2. The normalized spacial score (nSPS) is 12.8. The summed E-state index contributed by atoms with van der Waals surface area (Å²) in [6, 6.07) is 7.98. The quantitative estimate of drug-likeness (QED) is 0.709. The number of carbonyl (C=O) groups is 1. The maximum Gasteiger partial charge on any atom is 0.328 e. The molecule has 0 radical (unpaired) electrons. The van der Waals surface area contributed by atoms with Crippen molar-refractivity contribution in [1.82, 2.24) is 4.90 Å². The fraction of sp³-hybridized carbons (Fsp3) is 0.471. The molecule has 1 N–H and O–H groups in total. The fourth-order valence-corrected chi connectivity index (χ4v) is 2.01. The largest absolute Gasteiger partial charge is 0.492 e. The average molecular weight is 291 g/mol. The lowest BCUT2D eigenvalue weighted by molar-refractivity contribution is -0.131. The molecule has 0 amide bonds. The number of hydrogen-bond donors (Lipinski definition) is 1. The molecule has 0 heterocycles. The molecule has 0 fully saturated rings. The van der Waals surface area contributed by atoms with Crippen LogP contribution in [0, 0.1) is 0 Å². The first-order valence-electron chi connectivity index (χ1n) is 7.37. The van der Waals surface area contributed by atoms with E-state index in [9.17, 15) is 4.79 Å². The summed E-state index contributed by atoms with van der Waals surface area (Å²) in [5.74, 6) is -0.140. The maximum atomic E-state index is 10.4. The van der Waals surface area contributed by atoms with Crippen molar-refractivity contribution in [3.8, 4) is 5.75 Å². The zero-order chi connectivity index (χ0) is 15.7. The van der Waals surface area contributed by atoms with Crippen LogP contribution in [-0.2, 0) is 4.79 Å². The van der Waals surface area contributed by atoms with Gasteiger partial charge in [0.1, 0.15) is 12.4 Å². The van der Waals surface area contributed by atoms with E-state index in [1.807, 2.05) is 24.3 Å². The van der Waals surface area contributed by atoms with Gasteiger partial charge < -0.3 is 14.7 Å². The van der Waals surface area contributed by atoms with E-state index in [4.69, 9.17) is 9.84 Å². The highest BCUT2D eigenvalue weighted by Crippen LogP contribution is 2.13. The van der Waals surface area contributed by atoms with Gasteiger partial charge in [-0.15, -0.1) is 0 Å². The van der Waals surface area contributed by atoms with E-state index in [0.29, 0.717) is 12.6 Å². The number of benzene rings is 1. The van der Waals surface area contributed by atoms with Crippen molar-refractivity contribution in [2.75, 3.05) is 20.2 Å². The third-order valence-electron chi connectivity index (χ3n) is 3.47. The number of nitrogens with zero attached hydrogens (tertiary/aromatic N) is 1. The van der Waals surface area contributed by atoms with Gasteiger partial charge in [0.05, 0.1) is 0 Å². The molecule has 4 nitrogen and oxygen atoms in total. The van der Waals surface area contributed by atoms with Crippen molar-refractivity contribution in [2.24, 2.45) is 0 Å². The Hall–Kier alpha value is -1.81. The number of likely N-dealkylation sites (N-methyl/N-ethyl adjacent to an activating group) is 1. The molecule has 0 aromatic heterocycles. The zero-order valence-electron chi connectivity index (χ0n) is 13.1. The van der Waals surface area contributed by atoms with Gasteiger partial charge in [-0.1, -0.05) is 25.5 Å². The first-order valence-corrected chi connectivity index (χ1v) is 7.37. The zero-order valence-corrected chi connectivity index (χ0v) is 13.1. The van der Waals surface area contributed by atoms with Gasteiger partial charge >= 0.3 is 5.97 Å². The van der Waals surface area contributed by atoms with Crippen molar-refractivity contribution < 1.29 is 14.6 Å². The summed E-state index contributed by atoms with van der Waals surface area (Å²) in [4.78, 5) is 12.7. The summed E-state index contributed by atoms with van der Waals surface area (Å²) in [5.41, 5.74) is 0.846. The molecule has 1 rings (SSSR count). The standard InChI is InChI=1S/C17H25NO3/c1-4-5-14(2)18(3)12-13-21-16-9-6-15(7-10-16)8-11-17(19)20/h6-11,14H,4-5,12-13H2,1-3H3,(H,19,20). The molecule has 0 spiro atoms. The molecule has 0 aliphatic rings. The van der Waals surface area contributed by atoms with Gasteiger partial charge in [0, 0.05) is 18.7 Å². The first-order chi connectivity index (χ1) is 10.0. The van der Waals surface area contributed by atoms with Crippen LogP contribution in [0.25, 0.3) is 6.08 Å². The van der Waals surface area contributed by atoms with Crippen LogP contribution < -0.4 is 4.74 Å². The summed E-state index contributed by atoms with van der Waals surface area (Å²) >= 11 is 0. The lowest BCUT2D eigenvalue weighted by Crippen LogP contribution is -2.32. The Morgan fingerprint density at radius 1 is 1.38 bits per heavy atom. The smallest absolute Gasteiger partial charge is 0.328 e. The second-order valence-electron chi connectivity index (χ2n) is 5.21. The SMILES string of the molecule is CCCC(C)N(C)CCOc1ccc(C=CC(=O)O)cc1. The molecule has 1 aromatic rings. The van der Waals surface area contributed by atoms with E-state index in [-0.39, 0.29) is 0 Å². The topological polar surface area (TPSA) is 49.8 Å². The van der Waals surface area contributed by atoms with Gasteiger partial charge in [0.2, 0.25) is 0 Å². The molecule has 0 saturated heterocycles. The number of carboxylic acid groups (broad SMARTS) is 1. The molecule has 1 unspecified atom stereocenters. The van der Waals surface area contributed by atoms with Crippen molar-refractivity contribution in [2.45, 2.75) is 32.7 Å². The monoisotopic (exact) mass is 291 g/mol. The second-order valence-corrected chi connectivity index (χ2v) is 5.21. The summed E-state index contributed by atoms with van der Waals surface area (Å²) in [6.07, 6.45) is 5.07. The Morgan fingerprint density at radius 2 is 2.05 bits per heavy atom. The first kappa shape index (κ1) is 17.2. The predicted molar refractivity (Wildman–Crippen MR) is 85.6 cm³/mol. The molecular formula is C17H25NO3. The number of aliphatic carboxylic acids is 1. The predicted octanol–water partition coefficient (Wildman–Crippen LogP) is 3.28. The second kappa shape index (κ2) is 9.19. The van der Waals surface area contributed by atoms with E-state index in [2.05, 4.69) is 25.8 Å². The van der Waals surface area contributed by atoms with E-state index in [0.717, 1.165) is 23.9 Å². The molecule has 21 heavy (non-hydrogen) atoms. The van der Waals surface area contributed by atoms with Gasteiger partial charge in [-0.05, 0) is 44.2 Å². The minimum absolute atomic E-state index is 0.571. The third-order valence-corrected chi connectivity index (χ3v) is 3.47. The van der Waals surface area contributed by atoms with Crippen LogP contribution in [0.1, 0.15) is 32.3 Å². The molecule has 0 saturated carbocycles. The number of rotatable bonds is 9. The van der Waals surface area contributed by atoms with E-state index < -0.39 is 5.97 Å². The van der Waals surface area contributed by atoms with Crippen LogP contribution in [-0.4, -0.2) is 42.2 Å². The van der Waals surface area contributed by atoms with Crippen molar-refractivity contribution >= 4 is 12.0 Å². The maximum absolute atomic E-state index is 10.4. The molecule has 0 aliphatic carbocycles. The molecule has 1 atom stereocenters. The van der Waals surface area contributed by atoms with Crippen LogP contribution in [0.15, 0.2) is 30.3 Å². The van der Waals surface area contributed by atoms with Crippen LogP contribution in [0.2, 0.25) is 0 Å².